The van der Waals surface area contributed by atoms with Gasteiger partial charge in [-0.2, -0.15) is 0 Å². The van der Waals surface area contributed by atoms with Gasteiger partial charge < -0.3 is 4.74 Å². The zero-order chi connectivity index (χ0) is 11.3. The first-order chi connectivity index (χ1) is 7.13. The third-order valence-corrected chi connectivity index (χ3v) is 3.08. The van der Waals surface area contributed by atoms with Crippen LogP contribution in [0.1, 0.15) is 52.9 Å². The van der Waals surface area contributed by atoms with Crippen LogP contribution in [-0.4, -0.2) is 12.1 Å². The Kier molecular flexibility index (Phi) is 4.86. The van der Waals surface area contributed by atoms with Gasteiger partial charge in [-0.05, 0) is 31.8 Å². The number of carbonyl (C=O) groups is 1. The lowest BCUT2D eigenvalue weighted by Gasteiger charge is -2.07. The van der Waals surface area contributed by atoms with Crippen LogP contribution in [0.3, 0.4) is 0 Å². The number of unbranched alkanes of at least 4 members (excludes halogenated alkanes) is 1. The molecule has 0 bridgehead atoms. The second-order valence-corrected chi connectivity index (χ2v) is 4.56. The van der Waals surface area contributed by atoms with Gasteiger partial charge in [-0.3, -0.25) is 0 Å². The van der Waals surface area contributed by atoms with Crippen molar-refractivity contribution in [1.82, 2.24) is 0 Å². The molecule has 0 radical (unpaired) electrons. The van der Waals surface area contributed by atoms with Crippen molar-refractivity contribution < 1.29 is 9.53 Å². The molecule has 1 aliphatic rings. The number of esters is 1. The van der Waals surface area contributed by atoms with E-state index >= 15 is 0 Å². The summed E-state index contributed by atoms with van der Waals surface area (Å²) in [5.74, 6) is 0.708. The maximum absolute atomic E-state index is 11.3. The van der Waals surface area contributed by atoms with Gasteiger partial charge in [0.15, 0.2) is 0 Å². The highest BCUT2D eigenvalue weighted by atomic mass is 16.5. The molecule has 2 heteroatoms. The Morgan fingerprint density at radius 2 is 2.20 bits per heavy atom. The van der Waals surface area contributed by atoms with Gasteiger partial charge in [0.2, 0.25) is 0 Å². The number of carbonyl (C=O) groups excluding carboxylic acids is 1. The van der Waals surface area contributed by atoms with E-state index in [2.05, 4.69) is 13.8 Å². The summed E-state index contributed by atoms with van der Waals surface area (Å²) in [6.07, 6.45) is 7.68. The van der Waals surface area contributed by atoms with Crippen LogP contribution in [0.15, 0.2) is 11.6 Å². The lowest BCUT2D eigenvalue weighted by Crippen LogP contribution is -2.03. The third-order valence-electron chi connectivity index (χ3n) is 3.08. The minimum atomic E-state index is -0.106. The molecule has 0 fully saturated rings. The number of ether oxygens (including phenoxy) is 1. The Morgan fingerprint density at radius 3 is 2.73 bits per heavy atom. The standard InChI is InChI=1S/C13H22O2/c1-4-10(2)7-5-6-8-12-9-11(3)15-13(12)14/h9-11H,4-8H2,1-3H3. The molecule has 2 atom stereocenters. The summed E-state index contributed by atoms with van der Waals surface area (Å²) in [5, 5.41) is 0. The van der Waals surface area contributed by atoms with Gasteiger partial charge in [0.1, 0.15) is 6.10 Å². The molecule has 1 heterocycles. The van der Waals surface area contributed by atoms with Gasteiger partial charge in [0.05, 0.1) is 0 Å². The van der Waals surface area contributed by atoms with Gasteiger partial charge in [-0.15, -0.1) is 0 Å². The molecular weight excluding hydrogens is 188 g/mol. The van der Waals surface area contributed by atoms with E-state index < -0.39 is 0 Å². The van der Waals surface area contributed by atoms with Gasteiger partial charge >= 0.3 is 5.97 Å². The quantitative estimate of drug-likeness (QED) is 0.495. The normalized spacial score (nSPS) is 22.5. The molecule has 0 amide bonds. The molecule has 2 unspecified atom stereocenters. The van der Waals surface area contributed by atoms with Crippen molar-refractivity contribution in [1.29, 1.82) is 0 Å². The highest BCUT2D eigenvalue weighted by Gasteiger charge is 2.21. The first-order valence-corrected chi connectivity index (χ1v) is 6.05. The zero-order valence-corrected chi connectivity index (χ0v) is 10.1. The number of hydrogen-bond acceptors (Lipinski definition) is 2. The Labute approximate surface area is 92.7 Å². The maximum Gasteiger partial charge on any atom is 0.334 e. The molecule has 0 aromatic carbocycles. The van der Waals surface area contributed by atoms with Crippen LogP contribution in [0.2, 0.25) is 0 Å². The summed E-state index contributed by atoms with van der Waals surface area (Å²) in [4.78, 5) is 11.3. The molecule has 0 spiro atoms. The summed E-state index contributed by atoms with van der Waals surface area (Å²) in [5.41, 5.74) is 0.881. The minimum Gasteiger partial charge on any atom is -0.455 e. The summed E-state index contributed by atoms with van der Waals surface area (Å²) in [6, 6.07) is 0. The topological polar surface area (TPSA) is 26.3 Å². The van der Waals surface area contributed by atoms with Crippen molar-refractivity contribution in [2.45, 2.75) is 59.0 Å². The van der Waals surface area contributed by atoms with Gasteiger partial charge in [-0.1, -0.05) is 33.1 Å². The fourth-order valence-electron chi connectivity index (χ4n) is 1.83. The highest BCUT2D eigenvalue weighted by Crippen LogP contribution is 2.20. The Hall–Kier alpha value is -0.790. The fourth-order valence-corrected chi connectivity index (χ4v) is 1.83. The maximum atomic E-state index is 11.3. The van der Waals surface area contributed by atoms with E-state index in [0.717, 1.165) is 24.3 Å². The van der Waals surface area contributed by atoms with E-state index in [1.807, 2.05) is 13.0 Å². The summed E-state index contributed by atoms with van der Waals surface area (Å²) >= 11 is 0. The molecule has 0 aromatic rings. The lowest BCUT2D eigenvalue weighted by molar-refractivity contribution is -0.139. The Morgan fingerprint density at radius 1 is 1.47 bits per heavy atom. The molecule has 0 aromatic heterocycles. The van der Waals surface area contributed by atoms with E-state index in [9.17, 15) is 4.79 Å². The number of hydrogen-bond donors (Lipinski definition) is 0. The average molecular weight is 210 g/mol. The van der Waals surface area contributed by atoms with E-state index in [4.69, 9.17) is 4.74 Å². The first-order valence-electron chi connectivity index (χ1n) is 6.05. The van der Waals surface area contributed by atoms with Crippen molar-refractivity contribution in [3.8, 4) is 0 Å². The zero-order valence-electron chi connectivity index (χ0n) is 10.1. The highest BCUT2D eigenvalue weighted by molar-refractivity contribution is 5.90. The molecule has 0 N–H and O–H groups in total. The van der Waals surface area contributed by atoms with Crippen molar-refractivity contribution in [3.05, 3.63) is 11.6 Å². The molecule has 2 nitrogen and oxygen atoms in total. The third kappa shape index (κ3) is 4.06. The predicted octanol–water partition coefficient (Wildman–Crippen LogP) is 3.46. The van der Waals surface area contributed by atoms with Crippen molar-refractivity contribution in [2.24, 2.45) is 5.92 Å². The largest absolute Gasteiger partial charge is 0.455 e. The molecule has 1 aliphatic heterocycles. The number of cyclic esters (lactones) is 1. The monoisotopic (exact) mass is 210 g/mol. The SMILES string of the molecule is CCC(C)CCCCC1=CC(C)OC1=O. The molecule has 15 heavy (non-hydrogen) atoms. The van der Waals surface area contributed by atoms with Crippen LogP contribution in [0.4, 0.5) is 0 Å². The first kappa shape index (κ1) is 12.3. The molecule has 0 saturated heterocycles. The molecule has 0 saturated carbocycles. The van der Waals surface area contributed by atoms with E-state index in [1.54, 1.807) is 0 Å². The van der Waals surface area contributed by atoms with E-state index in [-0.39, 0.29) is 12.1 Å². The molecule has 86 valence electrons. The minimum absolute atomic E-state index is 0.0120. The van der Waals surface area contributed by atoms with Crippen LogP contribution in [0, 0.1) is 5.92 Å². The second-order valence-electron chi connectivity index (χ2n) is 4.56. The second kappa shape index (κ2) is 5.94. The Balaban J connectivity index is 2.15. The van der Waals surface area contributed by atoms with Crippen LogP contribution >= 0.6 is 0 Å². The van der Waals surface area contributed by atoms with Gasteiger partial charge in [0.25, 0.3) is 0 Å². The van der Waals surface area contributed by atoms with Gasteiger partial charge in [-0.25, -0.2) is 4.79 Å². The summed E-state index contributed by atoms with van der Waals surface area (Å²) in [6.45, 7) is 6.42. The summed E-state index contributed by atoms with van der Waals surface area (Å²) in [7, 11) is 0. The predicted molar refractivity (Wildman–Crippen MR) is 61.6 cm³/mol. The van der Waals surface area contributed by atoms with Crippen LogP contribution < -0.4 is 0 Å². The lowest BCUT2D eigenvalue weighted by atomic mass is 9.99. The van der Waals surface area contributed by atoms with E-state index in [1.165, 1.54) is 19.3 Å². The van der Waals surface area contributed by atoms with Crippen molar-refractivity contribution in [3.63, 3.8) is 0 Å². The molecule has 0 aliphatic carbocycles. The average Bonchev–Trinajstić information content (AvgIpc) is 2.52. The van der Waals surface area contributed by atoms with Crippen LogP contribution in [0.5, 0.6) is 0 Å². The molecule has 1 rings (SSSR count). The molecular formula is C13H22O2. The summed E-state index contributed by atoms with van der Waals surface area (Å²) < 4.78 is 5.04. The Bertz CT molecular complexity index is 243. The van der Waals surface area contributed by atoms with Crippen LogP contribution in [0.25, 0.3) is 0 Å². The van der Waals surface area contributed by atoms with Crippen LogP contribution in [-0.2, 0) is 9.53 Å². The van der Waals surface area contributed by atoms with Gasteiger partial charge in [0, 0.05) is 5.57 Å². The fraction of sp³-hybridized carbons (Fsp3) is 0.769. The smallest absolute Gasteiger partial charge is 0.334 e. The number of rotatable bonds is 6. The van der Waals surface area contributed by atoms with Crippen molar-refractivity contribution >= 4 is 5.97 Å². The van der Waals surface area contributed by atoms with E-state index in [0.29, 0.717) is 0 Å². The van der Waals surface area contributed by atoms with Crippen molar-refractivity contribution in [2.75, 3.05) is 0 Å².